The van der Waals surface area contributed by atoms with E-state index in [-0.39, 0.29) is 17.2 Å². The lowest BCUT2D eigenvalue weighted by atomic mass is 9.77. The zero-order valence-electron chi connectivity index (χ0n) is 15.3. The predicted molar refractivity (Wildman–Crippen MR) is 94.2 cm³/mol. The maximum absolute atomic E-state index is 13.0. The van der Waals surface area contributed by atoms with Gasteiger partial charge in [0.1, 0.15) is 0 Å². The summed E-state index contributed by atoms with van der Waals surface area (Å²) in [4.78, 5) is 29.0. The molecule has 1 spiro atoms. The quantitative estimate of drug-likeness (QED) is 0.892. The Bertz CT molecular complexity index is 688. The van der Waals surface area contributed by atoms with Crippen molar-refractivity contribution in [2.24, 2.45) is 11.3 Å². The first kappa shape index (κ1) is 16.6. The van der Waals surface area contributed by atoms with Gasteiger partial charge in [-0.3, -0.25) is 14.7 Å². The number of aryl methyl sites for hydroxylation is 1. The van der Waals surface area contributed by atoms with Gasteiger partial charge in [0.25, 0.3) is 5.91 Å². The van der Waals surface area contributed by atoms with E-state index >= 15 is 0 Å². The van der Waals surface area contributed by atoms with Crippen LogP contribution in [-0.2, 0) is 17.6 Å². The topological polar surface area (TPSA) is 69.3 Å². The van der Waals surface area contributed by atoms with Crippen molar-refractivity contribution in [2.45, 2.75) is 52.4 Å². The normalized spacial score (nSPS) is 25.5. The number of likely N-dealkylation sites (tertiary alicyclic amines) is 2. The highest BCUT2D eigenvalue weighted by atomic mass is 16.2. The molecule has 136 valence electrons. The molecular weight excluding hydrogens is 316 g/mol. The van der Waals surface area contributed by atoms with Gasteiger partial charge in [-0.05, 0) is 44.9 Å². The number of H-pyrrole nitrogens is 1. The molecule has 1 aromatic heterocycles. The number of hydrogen-bond acceptors (Lipinski definition) is 3. The van der Waals surface area contributed by atoms with E-state index in [2.05, 4.69) is 17.1 Å². The molecule has 2 aliphatic heterocycles. The Morgan fingerprint density at radius 1 is 1.36 bits per heavy atom. The molecule has 4 rings (SSSR count). The van der Waals surface area contributed by atoms with E-state index in [1.54, 1.807) is 0 Å². The second-order valence-corrected chi connectivity index (χ2v) is 8.25. The minimum Gasteiger partial charge on any atom is -0.342 e. The molecule has 1 aromatic rings. The number of piperidine rings is 1. The van der Waals surface area contributed by atoms with Crippen LogP contribution in [0.1, 0.15) is 61.3 Å². The summed E-state index contributed by atoms with van der Waals surface area (Å²) in [6.07, 6.45) is 5.60. The zero-order chi connectivity index (χ0) is 17.6. The average molecular weight is 344 g/mol. The number of carbonyl (C=O) groups is 2. The van der Waals surface area contributed by atoms with Crippen LogP contribution in [0, 0.1) is 11.3 Å². The second kappa shape index (κ2) is 6.15. The van der Waals surface area contributed by atoms with Gasteiger partial charge in [0.15, 0.2) is 5.69 Å². The molecule has 2 saturated heterocycles. The third-order valence-electron chi connectivity index (χ3n) is 6.49. The molecule has 3 heterocycles. The van der Waals surface area contributed by atoms with Gasteiger partial charge in [-0.2, -0.15) is 5.10 Å². The summed E-state index contributed by atoms with van der Waals surface area (Å²) in [6, 6.07) is 0. The largest absolute Gasteiger partial charge is 0.342 e. The molecule has 25 heavy (non-hydrogen) atoms. The molecular formula is C19H28N4O2. The molecule has 0 bridgehead atoms. The van der Waals surface area contributed by atoms with Crippen LogP contribution in [0.15, 0.2) is 0 Å². The van der Waals surface area contributed by atoms with Crippen LogP contribution in [-0.4, -0.2) is 58.0 Å². The van der Waals surface area contributed by atoms with Crippen LogP contribution in [0.4, 0.5) is 0 Å². The van der Waals surface area contributed by atoms with Crippen LogP contribution >= 0.6 is 0 Å². The van der Waals surface area contributed by atoms with Crippen molar-refractivity contribution in [3.8, 4) is 0 Å². The Balaban J connectivity index is 1.44. The minimum absolute atomic E-state index is 0.0677. The summed E-state index contributed by atoms with van der Waals surface area (Å²) in [5.74, 6) is 0.960. The number of hydrogen-bond donors (Lipinski definition) is 1. The monoisotopic (exact) mass is 344 g/mol. The van der Waals surface area contributed by atoms with Gasteiger partial charge in [0.05, 0.1) is 0 Å². The maximum atomic E-state index is 13.0. The van der Waals surface area contributed by atoms with Gasteiger partial charge in [-0.15, -0.1) is 0 Å². The SMILES string of the molecule is CCN1CC2(CCN(C(=O)c3n[nH]c4c3CC(C)CC4)CC2)CC1=O. The summed E-state index contributed by atoms with van der Waals surface area (Å²) in [6.45, 7) is 7.41. The Morgan fingerprint density at radius 3 is 2.80 bits per heavy atom. The van der Waals surface area contributed by atoms with Crippen molar-refractivity contribution >= 4 is 11.8 Å². The molecule has 1 unspecified atom stereocenters. The zero-order valence-corrected chi connectivity index (χ0v) is 15.3. The number of amides is 2. The summed E-state index contributed by atoms with van der Waals surface area (Å²) in [5, 5.41) is 7.44. The Labute approximate surface area is 148 Å². The Hall–Kier alpha value is -1.85. The van der Waals surface area contributed by atoms with E-state index in [1.165, 1.54) is 0 Å². The molecule has 1 N–H and O–H groups in total. The number of aromatic amines is 1. The van der Waals surface area contributed by atoms with Crippen LogP contribution in [0.5, 0.6) is 0 Å². The second-order valence-electron chi connectivity index (χ2n) is 8.25. The summed E-state index contributed by atoms with van der Waals surface area (Å²) in [7, 11) is 0. The van der Waals surface area contributed by atoms with Gasteiger partial charge in [-0.25, -0.2) is 0 Å². The van der Waals surface area contributed by atoms with Gasteiger partial charge in [0, 0.05) is 49.3 Å². The third kappa shape index (κ3) is 2.85. The first-order valence-electron chi connectivity index (χ1n) is 9.64. The molecule has 6 nitrogen and oxygen atoms in total. The van der Waals surface area contributed by atoms with Crippen molar-refractivity contribution in [2.75, 3.05) is 26.2 Å². The van der Waals surface area contributed by atoms with E-state index in [0.29, 0.717) is 18.0 Å². The fraction of sp³-hybridized carbons (Fsp3) is 0.737. The van der Waals surface area contributed by atoms with E-state index in [9.17, 15) is 9.59 Å². The highest BCUT2D eigenvalue weighted by molar-refractivity contribution is 5.94. The number of carbonyl (C=O) groups excluding carboxylic acids is 2. The standard InChI is InChI=1S/C19H28N4O2/c1-3-22-12-19(11-16(22)24)6-8-23(9-7-19)18(25)17-14-10-13(2)4-5-15(14)20-21-17/h13H,3-12H2,1-2H3,(H,20,21). The van der Waals surface area contributed by atoms with Gasteiger partial charge in [0.2, 0.25) is 5.91 Å². The molecule has 6 heteroatoms. The lowest BCUT2D eigenvalue weighted by Gasteiger charge is -2.38. The van der Waals surface area contributed by atoms with Crippen molar-refractivity contribution in [1.29, 1.82) is 0 Å². The van der Waals surface area contributed by atoms with E-state index < -0.39 is 0 Å². The third-order valence-corrected chi connectivity index (χ3v) is 6.49. The molecule has 3 aliphatic rings. The Morgan fingerprint density at radius 2 is 2.12 bits per heavy atom. The molecule has 1 aliphatic carbocycles. The fourth-order valence-corrected chi connectivity index (χ4v) is 4.78. The Kier molecular flexibility index (Phi) is 4.08. The first-order chi connectivity index (χ1) is 12.0. The number of nitrogens with zero attached hydrogens (tertiary/aromatic N) is 3. The summed E-state index contributed by atoms with van der Waals surface area (Å²) >= 11 is 0. The van der Waals surface area contributed by atoms with Crippen molar-refractivity contribution in [3.63, 3.8) is 0 Å². The van der Waals surface area contributed by atoms with Crippen molar-refractivity contribution < 1.29 is 9.59 Å². The molecule has 0 radical (unpaired) electrons. The van der Waals surface area contributed by atoms with Crippen molar-refractivity contribution in [3.05, 3.63) is 17.0 Å². The maximum Gasteiger partial charge on any atom is 0.274 e. The molecule has 2 fully saturated rings. The lowest BCUT2D eigenvalue weighted by molar-refractivity contribution is -0.127. The minimum atomic E-state index is 0.0677. The van der Waals surface area contributed by atoms with E-state index in [1.807, 2.05) is 16.7 Å². The number of fused-ring (bicyclic) bond motifs is 1. The predicted octanol–water partition coefficient (Wildman–Crippen LogP) is 2.01. The number of nitrogens with one attached hydrogen (secondary N) is 1. The number of aromatic nitrogens is 2. The van der Waals surface area contributed by atoms with Gasteiger partial charge >= 0.3 is 0 Å². The summed E-state index contributed by atoms with van der Waals surface area (Å²) < 4.78 is 0. The van der Waals surface area contributed by atoms with Crippen LogP contribution in [0.3, 0.4) is 0 Å². The first-order valence-corrected chi connectivity index (χ1v) is 9.64. The van der Waals surface area contributed by atoms with E-state index in [0.717, 1.165) is 69.5 Å². The highest BCUT2D eigenvalue weighted by Crippen LogP contribution is 2.41. The highest BCUT2D eigenvalue weighted by Gasteiger charge is 2.45. The van der Waals surface area contributed by atoms with Gasteiger partial charge < -0.3 is 9.80 Å². The molecule has 0 saturated carbocycles. The van der Waals surface area contributed by atoms with Crippen LogP contribution < -0.4 is 0 Å². The lowest BCUT2D eigenvalue weighted by Crippen LogP contribution is -2.44. The van der Waals surface area contributed by atoms with Crippen molar-refractivity contribution in [1.82, 2.24) is 20.0 Å². The average Bonchev–Trinajstić information content (AvgIpc) is 3.15. The van der Waals surface area contributed by atoms with Crippen LogP contribution in [0.2, 0.25) is 0 Å². The molecule has 0 aromatic carbocycles. The number of rotatable bonds is 2. The summed E-state index contributed by atoms with van der Waals surface area (Å²) in [5.41, 5.74) is 3.01. The van der Waals surface area contributed by atoms with E-state index in [4.69, 9.17) is 0 Å². The van der Waals surface area contributed by atoms with Gasteiger partial charge in [-0.1, -0.05) is 6.92 Å². The molecule has 2 amide bonds. The smallest absolute Gasteiger partial charge is 0.274 e. The molecule has 1 atom stereocenters. The van der Waals surface area contributed by atoms with Crippen LogP contribution in [0.25, 0.3) is 0 Å². The fourth-order valence-electron chi connectivity index (χ4n) is 4.78.